The highest BCUT2D eigenvalue weighted by Gasteiger charge is 2.36. The van der Waals surface area contributed by atoms with E-state index in [1.54, 1.807) is 0 Å². The van der Waals surface area contributed by atoms with Crippen LogP contribution in [-0.4, -0.2) is 13.3 Å². The summed E-state index contributed by atoms with van der Waals surface area (Å²) in [4.78, 5) is 0. The molecule has 4 heteroatoms. The minimum atomic E-state index is -2.47. The zero-order valence-corrected chi connectivity index (χ0v) is 23.7. The quantitative estimate of drug-likeness (QED) is 0.310. The third-order valence-electron chi connectivity index (χ3n) is 5.82. The monoisotopic (exact) mass is 477 g/mol. The van der Waals surface area contributed by atoms with Gasteiger partial charge in [-0.15, -0.1) is 0 Å². The number of phenols is 1. The average molecular weight is 478 g/mol. The molecular formula is C29H40NOPSi. The van der Waals surface area contributed by atoms with Crippen molar-refractivity contribution in [3.8, 4) is 5.75 Å². The van der Waals surface area contributed by atoms with E-state index in [1.807, 2.05) is 0 Å². The predicted molar refractivity (Wildman–Crippen MR) is 150 cm³/mol. The highest BCUT2D eigenvalue weighted by Crippen LogP contribution is 2.52. The number of phenolic OH excluding ortho intramolecular Hbond substituents is 1. The Morgan fingerprint density at radius 3 is 1.52 bits per heavy atom. The first kappa shape index (κ1) is 25.5. The van der Waals surface area contributed by atoms with E-state index in [1.165, 1.54) is 16.2 Å². The molecule has 0 aliphatic rings. The average Bonchev–Trinajstić information content (AvgIpc) is 2.71. The van der Waals surface area contributed by atoms with Gasteiger partial charge in [0.15, 0.2) is 8.24 Å². The van der Waals surface area contributed by atoms with E-state index in [0.717, 1.165) is 10.9 Å². The molecule has 0 saturated carbocycles. The van der Waals surface area contributed by atoms with Crippen LogP contribution in [0, 0.1) is 0 Å². The summed E-state index contributed by atoms with van der Waals surface area (Å²) in [5.74, 6) is 0.401. The van der Waals surface area contributed by atoms with Gasteiger partial charge in [0, 0.05) is 17.9 Å². The second kappa shape index (κ2) is 8.93. The maximum Gasteiger partial charge on any atom is 0.171 e. The molecule has 0 aromatic heterocycles. The van der Waals surface area contributed by atoms with E-state index in [9.17, 15) is 5.11 Å². The van der Waals surface area contributed by atoms with Crippen LogP contribution >= 0.6 is 7.05 Å². The van der Waals surface area contributed by atoms with Crippen LogP contribution in [0.15, 0.2) is 77.2 Å². The summed E-state index contributed by atoms with van der Waals surface area (Å²) in [6.07, 6.45) is 0. The van der Waals surface area contributed by atoms with Crippen molar-refractivity contribution < 1.29 is 5.11 Å². The Kier molecular flexibility index (Phi) is 6.91. The maximum absolute atomic E-state index is 12.0. The molecule has 1 N–H and O–H groups in total. The summed E-state index contributed by atoms with van der Waals surface area (Å²) in [7, 11) is -4.40. The van der Waals surface area contributed by atoms with Crippen LogP contribution in [0.25, 0.3) is 0 Å². The van der Waals surface area contributed by atoms with Gasteiger partial charge in [0.2, 0.25) is 0 Å². The van der Waals surface area contributed by atoms with Gasteiger partial charge in [-0.25, -0.2) is 0 Å². The third-order valence-corrected chi connectivity index (χ3v) is 12.6. The zero-order chi connectivity index (χ0) is 24.7. The highest BCUT2D eigenvalue weighted by atomic mass is 31.2. The largest absolute Gasteiger partial charge is 0.507 e. The summed E-state index contributed by atoms with van der Waals surface area (Å²) in [5.41, 5.74) is 1.99. The lowest BCUT2D eigenvalue weighted by Gasteiger charge is -2.35. The summed E-state index contributed by atoms with van der Waals surface area (Å²) < 4.78 is 5.75. The molecule has 0 fully saturated rings. The van der Waals surface area contributed by atoms with Crippen LogP contribution in [0.1, 0.15) is 52.7 Å². The van der Waals surface area contributed by atoms with Crippen LogP contribution in [-0.2, 0) is 10.8 Å². The van der Waals surface area contributed by atoms with Crippen LogP contribution < -0.4 is 15.9 Å². The SMILES string of the molecule is CC(C)(C)c1cc(C(C)(C)C)c(O)c(P(=N[Si](C)(C)C)(c2ccccc2)c2ccccc2)c1. The van der Waals surface area contributed by atoms with Gasteiger partial charge >= 0.3 is 0 Å². The molecule has 3 aromatic carbocycles. The lowest BCUT2D eigenvalue weighted by molar-refractivity contribution is 0.449. The Bertz CT molecular complexity index is 1120. The standard InChI is InChI=1S/C29H40NOPSi/c1-28(2,3)22-20-25(29(4,5)6)27(31)26(21-22)32(30-33(7,8)9,23-16-12-10-13-17-23)24-18-14-11-15-19-24/h10-21,31H,1-9H3. The smallest absolute Gasteiger partial charge is 0.171 e. The lowest BCUT2D eigenvalue weighted by atomic mass is 9.80. The Morgan fingerprint density at radius 2 is 1.15 bits per heavy atom. The second-order valence-corrected chi connectivity index (χ2v) is 19.9. The molecule has 0 radical (unpaired) electrons. The fourth-order valence-electron chi connectivity index (χ4n) is 4.20. The Labute approximate surface area is 202 Å². The second-order valence-electron chi connectivity index (χ2n) is 12.0. The third kappa shape index (κ3) is 5.36. The molecule has 0 atom stereocenters. The molecule has 0 bridgehead atoms. The molecule has 0 saturated heterocycles. The van der Waals surface area contributed by atoms with Crippen LogP contribution in [0.5, 0.6) is 5.75 Å². The van der Waals surface area contributed by atoms with Gasteiger partial charge in [0.25, 0.3) is 0 Å². The van der Waals surface area contributed by atoms with Crippen molar-refractivity contribution in [2.45, 2.75) is 72.0 Å². The van der Waals surface area contributed by atoms with E-state index < -0.39 is 15.3 Å². The van der Waals surface area contributed by atoms with Crippen LogP contribution in [0.2, 0.25) is 19.6 Å². The number of hydrogen-bond donors (Lipinski definition) is 1. The summed E-state index contributed by atoms with van der Waals surface area (Å²) >= 11 is 0. The van der Waals surface area contributed by atoms with Gasteiger partial charge in [-0.2, -0.15) is 0 Å². The van der Waals surface area contributed by atoms with Crippen LogP contribution in [0.3, 0.4) is 0 Å². The number of rotatable bonds is 4. The van der Waals surface area contributed by atoms with Crippen molar-refractivity contribution in [2.24, 2.45) is 4.41 Å². The minimum absolute atomic E-state index is 0.0509. The number of nitrogens with zero attached hydrogens (tertiary/aromatic N) is 1. The van der Waals surface area contributed by atoms with E-state index >= 15 is 0 Å². The first-order valence-electron chi connectivity index (χ1n) is 11.8. The van der Waals surface area contributed by atoms with Crippen molar-refractivity contribution in [1.82, 2.24) is 0 Å². The first-order valence-corrected chi connectivity index (χ1v) is 17.0. The summed E-state index contributed by atoms with van der Waals surface area (Å²) in [5, 5.41) is 15.3. The number of aromatic hydroxyl groups is 1. The maximum atomic E-state index is 12.0. The molecule has 0 heterocycles. The minimum Gasteiger partial charge on any atom is -0.507 e. The molecule has 33 heavy (non-hydrogen) atoms. The fraction of sp³-hybridized carbons (Fsp3) is 0.379. The fourth-order valence-corrected chi connectivity index (χ4v) is 12.0. The molecule has 0 aliphatic carbocycles. The van der Waals surface area contributed by atoms with E-state index in [0.29, 0.717) is 5.75 Å². The van der Waals surface area contributed by atoms with E-state index in [4.69, 9.17) is 4.41 Å². The number of benzene rings is 3. The summed E-state index contributed by atoms with van der Waals surface area (Å²) in [6.45, 7) is 20.2. The number of hydrogen-bond acceptors (Lipinski definition) is 2. The molecule has 176 valence electrons. The van der Waals surface area contributed by atoms with Crippen LogP contribution in [0.4, 0.5) is 0 Å². The molecule has 3 aromatic rings. The van der Waals surface area contributed by atoms with Gasteiger partial charge in [0.1, 0.15) is 5.75 Å². The van der Waals surface area contributed by atoms with Gasteiger partial charge < -0.3 is 9.52 Å². The van der Waals surface area contributed by atoms with Crippen molar-refractivity contribution in [2.75, 3.05) is 0 Å². The van der Waals surface area contributed by atoms with Gasteiger partial charge in [0.05, 0.1) is 0 Å². The molecule has 0 unspecified atom stereocenters. The molecule has 0 aliphatic heterocycles. The van der Waals surface area contributed by atoms with Crippen molar-refractivity contribution in [3.05, 3.63) is 83.9 Å². The van der Waals surface area contributed by atoms with Crippen molar-refractivity contribution in [1.29, 1.82) is 0 Å². The molecule has 2 nitrogen and oxygen atoms in total. The van der Waals surface area contributed by atoms with E-state index in [2.05, 4.69) is 134 Å². The Balaban J connectivity index is 2.64. The Hall–Kier alpha value is -2.09. The van der Waals surface area contributed by atoms with Gasteiger partial charge in [-0.3, -0.25) is 0 Å². The predicted octanol–water partition coefficient (Wildman–Crippen LogP) is 7.30. The molecule has 0 amide bonds. The molecule has 3 rings (SSSR count). The summed E-state index contributed by atoms with van der Waals surface area (Å²) in [6, 6.07) is 25.8. The van der Waals surface area contributed by atoms with Gasteiger partial charge in [-0.05, 0) is 33.1 Å². The highest BCUT2D eigenvalue weighted by molar-refractivity contribution is 7.88. The zero-order valence-electron chi connectivity index (χ0n) is 21.8. The lowest BCUT2D eigenvalue weighted by Crippen LogP contribution is -2.32. The van der Waals surface area contributed by atoms with Crippen molar-refractivity contribution >= 4 is 31.2 Å². The van der Waals surface area contributed by atoms with E-state index in [-0.39, 0.29) is 10.8 Å². The Morgan fingerprint density at radius 1 is 0.697 bits per heavy atom. The van der Waals surface area contributed by atoms with Crippen molar-refractivity contribution in [3.63, 3.8) is 0 Å². The topological polar surface area (TPSA) is 32.6 Å². The molecular weight excluding hydrogens is 437 g/mol. The van der Waals surface area contributed by atoms with Gasteiger partial charge in [-0.1, -0.05) is 128 Å². The molecule has 0 spiro atoms. The normalized spacial score (nSPS) is 13.1. The first-order chi connectivity index (χ1) is 15.2.